The van der Waals surface area contributed by atoms with Crippen molar-refractivity contribution >= 4 is 0 Å². The second-order valence-electron chi connectivity index (χ2n) is 4.05. The van der Waals surface area contributed by atoms with Crippen LogP contribution in [0.4, 0.5) is 0 Å². The number of hydrogen-bond acceptors (Lipinski definition) is 1. The maximum Gasteiger partial charge on any atom is 0.0792 e. The topological polar surface area (TPSA) is 20.2 Å². The molecule has 0 saturated heterocycles. The van der Waals surface area contributed by atoms with Crippen molar-refractivity contribution in [1.29, 1.82) is 0 Å². The second kappa shape index (κ2) is 2.82. The van der Waals surface area contributed by atoms with Gasteiger partial charge in [0.1, 0.15) is 0 Å². The van der Waals surface area contributed by atoms with Gasteiger partial charge in [-0.15, -0.1) is 0 Å². The highest BCUT2D eigenvalue weighted by atomic mass is 16.3. The van der Waals surface area contributed by atoms with Crippen LogP contribution >= 0.6 is 0 Å². The van der Waals surface area contributed by atoms with Crippen molar-refractivity contribution in [3.63, 3.8) is 0 Å². The Labute approximate surface area is 68.4 Å². The quantitative estimate of drug-likeness (QED) is 0.564. The molecule has 1 nitrogen and oxygen atoms in total. The normalized spacial score (nSPS) is 25.1. The summed E-state index contributed by atoms with van der Waals surface area (Å²) in [6, 6.07) is 0. The van der Waals surface area contributed by atoms with Gasteiger partial charge in [0.15, 0.2) is 0 Å². The SMILES string of the molecule is CC(C)(C)C1=CC=CCC1O. The summed E-state index contributed by atoms with van der Waals surface area (Å²) in [5, 5.41) is 9.59. The maximum atomic E-state index is 9.59. The fraction of sp³-hybridized carbons (Fsp3) is 0.600. The van der Waals surface area contributed by atoms with Gasteiger partial charge in [-0.3, -0.25) is 0 Å². The molecule has 0 bridgehead atoms. The molecule has 0 spiro atoms. The van der Waals surface area contributed by atoms with Crippen LogP contribution in [0.3, 0.4) is 0 Å². The lowest BCUT2D eigenvalue weighted by molar-refractivity contribution is 0.186. The van der Waals surface area contributed by atoms with Gasteiger partial charge < -0.3 is 5.11 Å². The van der Waals surface area contributed by atoms with Crippen LogP contribution < -0.4 is 0 Å². The van der Waals surface area contributed by atoms with E-state index in [0.29, 0.717) is 0 Å². The van der Waals surface area contributed by atoms with Gasteiger partial charge in [-0.05, 0) is 17.4 Å². The molecule has 1 N–H and O–H groups in total. The Morgan fingerprint density at radius 1 is 1.45 bits per heavy atom. The molecule has 0 amide bonds. The highest BCUT2D eigenvalue weighted by Crippen LogP contribution is 2.31. The molecule has 1 atom stereocenters. The maximum absolute atomic E-state index is 9.59. The van der Waals surface area contributed by atoms with Crippen LogP contribution in [0.1, 0.15) is 27.2 Å². The molecule has 11 heavy (non-hydrogen) atoms. The minimum atomic E-state index is -0.264. The standard InChI is InChI=1S/C10H16O/c1-10(2,3)8-6-4-5-7-9(8)11/h4-6,9,11H,7H2,1-3H3. The van der Waals surface area contributed by atoms with Crippen LogP contribution in [0, 0.1) is 5.41 Å². The van der Waals surface area contributed by atoms with Crippen molar-refractivity contribution in [2.24, 2.45) is 5.41 Å². The average molecular weight is 152 g/mol. The summed E-state index contributed by atoms with van der Waals surface area (Å²) in [6.45, 7) is 6.38. The van der Waals surface area contributed by atoms with E-state index >= 15 is 0 Å². The van der Waals surface area contributed by atoms with Crippen molar-refractivity contribution < 1.29 is 5.11 Å². The predicted octanol–water partition coefficient (Wildman–Crippen LogP) is 2.28. The van der Waals surface area contributed by atoms with E-state index in [9.17, 15) is 5.11 Å². The molecular weight excluding hydrogens is 136 g/mol. The van der Waals surface area contributed by atoms with E-state index in [2.05, 4.69) is 20.8 Å². The second-order valence-corrected chi connectivity index (χ2v) is 4.05. The minimum absolute atomic E-state index is 0.101. The highest BCUT2D eigenvalue weighted by molar-refractivity contribution is 5.26. The van der Waals surface area contributed by atoms with E-state index in [1.165, 1.54) is 0 Å². The highest BCUT2D eigenvalue weighted by Gasteiger charge is 2.23. The lowest BCUT2D eigenvalue weighted by Crippen LogP contribution is -2.22. The first-order chi connectivity index (χ1) is 5.02. The molecule has 1 aliphatic carbocycles. The third-order valence-corrected chi connectivity index (χ3v) is 2.00. The van der Waals surface area contributed by atoms with E-state index < -0.39 is 0 Å². The van der Waals surface area contributed by atoms with Gasteiger partial charge in [-0.2, -0.15) is 0 Å². The number of aliphatic hydroxyl groups is 1. The Balaban J connectivity index is 2.84. The minimum Gasteiger partial charge on any atom is -0.388 e. The van der Waals surface area contributed by atoms with Crippen LogP contribution in [0.2, 0.25) is 0 Å². The van der Waals surface area contributed by atoms with Crippen LogP contribution in [-0.2, 0) is 0 Å². The average Bonchev–Trinajstić information content (AvgIpc) is 1.86. The van der Waals surface area contributed by atoms with Crippen molar-refractivity contribution in [2.45, 2.75) is 33.3 Å². The van der Waals surface area contributed by atoms with Crippen LogP contribution in [-0.4, -0.2) is 11.2 Å². The van der Waals surface area contributed by atoms with E-state index in [0.717, 1.165) is 12.0 Å². The Bertz CT molecular complexity index is 193. The molecule has 0 radical (unpaired) electrons. The molecule has 0 aromatic rings. The van der Waals surface area contributed by atoms with Crippen molar-refractivity contribution in [2.75, 3.05) is 0 Å². The van der Waals surface area contributed by atoms with Gasteiger partial charge in [0.2, 0.25) is 0 Å². The smallest absolute Gasteiger partial charge is 0.0792 e. The summed E-state index contributed by atoms with van der Waals surface area (Å²) < 4.78 is 0. The third kappa shape index (κ3) is 1.93. The lowest BCUT2D eigenvalue weighted by atomic mass is 9.80. The molecule has 0 aromatic heterocycles. The molecule has 1 rings (SSSR count). The largest absolute Gasteiger partial charge is 0.388 e. The molecule has 1 unspecified atom stereocenters. The van der Waals surface area contributed by atoms with Crippen LogP contribution in [0.25, 0.3) is 0 Å². The van der Waals surface area contributed by atoms with E-state index in [4.69, 9.17) is 0 Å². The van der Waals surface area contributed by atoms with Gasteiger partial charge in [0.05, 0.1) is 6.10 Å². The molecular formula is C10H16O. The zero-order chi connectivity index (χ0) is 8.48. The molecule has 0 aliphatic heterocycles. The fourth-order valence-electron chi connectivity index (χ4n) is 1.37. The Morgan fingerprint density at radius 3 is 2.45 bits per heavy atom. The molecule has 1 heteroatoms. The molecule has 0 heterocycles. The number of hydrogen-bond donors (Lipinski definition) is 1. The summed E-state index contributed by atoms with van der Waals surface area (Å²) in [4.78, 5) is 0. The summed E-state index contributed by atoms with van der Waals surface area (Å²) in [5.74, 6) is 0. The van der Waals surface area contributed by atoms with Crippen LogP contribution in [0.15, 0.2) is 23.8 Å². The fourth-order valence-corrected chi connectivity index (χ4v) is 1.37. The third-order valence-electron chi connectivity index (χ3n) is 2.00. The monoisotopic (exact) mass is 152 g/mol. The van der Waals surface area contributed by atoms with E-state index in [1.807, 2.05) is 18.2 Å². The summed E-state index contributed by atoms with van der Waals surface area (Å²) >= 11 is 0. The summed E-state index contributed by atoms with van der Waals surface area (Å²) in [6.07, 6.45) is 6.55. The first-order valence-corrected chi connectivity index (χ1v) is 4.07. The molecule has 0 fully saturated rings. The summed E-state index contributed by atoms with van der Waals surface area (Å²) in [5.41, 5.74) is 1.24. The zero-order valence-corrected chi connectivity index (χ0v) is 7.46. The van der Waals surface area contributed by atoms with E-state index in [-0.39, 0.29) is 11.5 Å². The molecule has 62 valence electrons. The van der Waals surface area contributed by atoms with Crippen molar-refractivity contribution in [3.05, 3.63) is 23.8 Å². The van der Waals surface area contributed by atoms with Crippen LogP contribution in [0.5, 0.6) is 0 Å². The van der Waals surface area contributed by atoms with Gasteiger partial charge in [-0.1, -0.05) is 39.0 Å². The molecule has 1 aliphatic rings. The van der Waals surface area contributed by atoms with Crippen molar-refractivity contribution in [1.82, 2.24) is 0 Å². The molecule has 0 aromatic carbocycles. The predicted molar refractivity (Wildman–Crippen MR) is 47.3 cm³/mol. The zero-order valence-electron chi connectivity index (χ0n) is 7.46. The van der Waals surface area contributed by atoms with Gasteiger partial charge in [0, 0.05) is 0 Å². The van der Waals surface area contributed by atoms with Crippen molar-refractivity contribution in [3.8, 4) is 0 Å². The van der Waals surface area contributed by atoms with Gasteiger partial charge >= 0.3 is 0 Å². The summed E-state index contributed by atoms with van der Waals surface area (Å²) in [7, 11) is 0. The number of rotatable bonds is 0. The lowest BCUT2D eigenvalue weighted by Gasteiger charge is -2.28. The Kier molecular flexibility index (Phi) is 2.19. The first-order valence-electron chi connectivity index (χ1n) is 4.07. The number of aliphatic hydroxyl groups excluding tert-OH is 1. The number of allylic oxidation sites excluding steroid dienone is 2. The Morgan fingerprint density at radius 2 is 2.09 bits per heavy atom. The first kappa shape index (κ1) is 8.54. The Hall–Kier alpha value is -0.560. The molecule has 0 saturated carbocycles. The van der Waals surface area contributed by atoms with Gasteiger partial charge in [-0.25, -0.2) is 0 Å². The van der Waals surface area contributed by atoms with E-state index in [1.54, 1.807) is 0 Å². The van der Waals surface area contributed by atoms with Gasteiger partial charge in [0.25, 0.3) is 0 Å².